The molecule has 0 bridgehead atoms. The van der Waals surface area contributed by atoms with Crippen LogP contribution in [0.4, 0.5) is 0 Å². The summed E-state index contributed by atoms with van der Waals surface area (Å²) >= 11 is 4.85. The molecule has 0 N–H and O–H groups in total. The van der Waals surface area contributed by atoms with Crippen molar-refractivity contribution in [2.45, 2.75) is 11.6 Å². The topological polar surface area (TPSA) is 57.2 Å². The first-order chi connectivity index (χ1) is 2.94. The van der Waals surface area contributed by atoms with Gasteiger partial charge in [0, 0.05) is 0 Å². The summed E-state index contributed by atoms with van der Waals surface area (Å²) in [6.07, 6.45) is 0. The molecule has 0 saturated carbocycles. The molecule has 0 aliphatic carbocycles. The van der Waals surface area contributed by atoms with Gasteiger partial charge in [0.2, 0.25) is 0 Å². The minimum absolute atomic E-state index is 0. The molecular weight excluding hydrogens is 179 g/mol. The number of alkyl halides is 1. The van der Waals surface area contributed by atoms with Crippen molar-refractivity contribution < 1.29 is 64.4 Å². The second kappa shape index (κ2) is 4.62. The summed E-state index contributed by atoms with van der Waals surface area (Å²) in [5.41, 5.74) is 0. The molecule has 44 valence electrons. The van der Waals surface area contributed by atoms with Gasteiger partial charge in [0.25, 0.3) is 0 Å². The van der Waals surface area contributed by atoms with Gasteiger partial charge in [-0.25, -0.2) is 8.42 Å². The Labute approximate surface area is 96.0 Å². The van der Waals surface area contributed by atoms with Gasteiger partial charge in [0.05, 0.1) is 0 Å². The molecule has 3 nitrogen and oxygen atoms in total. The van der Waals surface area contributed by atoms with E-state index in [9.17, 15) is 13.0 Å². The van der Waals surface area contributed by atoms with E-state index in [1.807, 2.05) is 0 Å². The van der Waals surface area contributed by atoms with Gasteiger partial charge >= 0.3 is 51.4 Å². The average molecular weight is 183 g/mol. The molecule has 8 heavy (non-hydrogen) atoms. The molecule has 0 aromatic heterocycles. The molecule has 6 heteroatoms. The fourth-order valence-corrected chi connectivity index (χ4v) is 0. The van der Waals surface area contributed by atoms with Gasteiger partial charge in [-0.2, -0.15) is 0 Å². The summed E-state index contributed by atoms with van der Waals surface area (Å²) in [5, 5.41) is 0. The van der Waals surface area contributed by atoms with Gasteiger partial charge in [-0.3, -0.25) is 0 Å². The Kier molecular flexibility index (Phi) is 7.22. The van der Waals surface area contributed by atoms with Gasteiger partial charge in [-0.05, 0) is 6.92 Å². The SMILES string of the molecule is CC(Cl)S(=O)(=O)[O-].[K+]. The molecule has 0 aromatic rings. The molecule has 0 heterocycles. The number of hydrogen-bond donors (Lipinski definition) is 0. The van der Waals surface area contributed by atoms with Crippen LogP contribution in [-0.4, -0.2) is 17.7 Å². The molecule has 0 saturated heterocycles. The van der Waals surface area contributed by atoms with Crippen LogP contribution in [0.5, 0.6) is 0 Å². The Balaban J connectivity index is 0. The maximum atomic E-state index is 9.64. The summed E-state index contributed by atoms with van der Waals surface area (Å²) in [6, 6.07) is 0. The van der Waals surface area contributed by atoms with E-state index in [-0.39, 0.29) is 51.4 Å². The molecule has 0 aliphatic heterocycles. The van der Waals surface area contributed by atoms with Crippen LogP contribution >= 0.6 is 11.6 Å². The molecule has 0 fully saturated rings. The molecule has 0 rings (SSSR count). The van der Waals surface area contributed by atoms with Crippen LogP contribution in [0.1, 0.15) is 6.92 Å². The van der Waals surface area contributed by atoms with Crippen molar-refractivity contribution in [1.82, 2.24) is 0 Å². The number of hydrogen-bond acceptors (Lipinski definition) is 3. The molecule has 0 radical (unpaired) electrons. The summed E-state index contributed by atoms with van der Waals surface area (Å²) in [7, 11) is -4.23. The minimum Gasteiger partial charge on any atom is -0.747 e. The normalized spacial score (nSPS) is 14.4. The zero-order valence-corrected chi connectivity index (χ0v) is 9.28. The molecule has 1 unspecified atom stereocenters. The van der Waals surface area contributed by atoms with E-state index in [4.69, 9.17) is 11.6 Å². The van der Waals surface area contributed by atoms with Crippen LogP contribution in [0.3, 0.4) is 0 Å². The van der Waals surface area contributed by atoms with Crippen molar-refractivity contribution in [1.29, 1.82) is 0 Å². The summed E-state index contributed by atoms with van der Waals surface area (Å²) < 4.78 is 27.6. The Morgan fingerprint density at radius 2 is 1.75 bits per heavy atom. The molecule has 0 aliphatic rings. The van der Waals surface area contributed by atoms with Crippen molar-refractivity contribution in [3.05, 3.63) is 0 Å². The zero-order valence-electron chi connectivity index (χ0n) is 4.59. The van der Waals surface area contributed by atoms with Crippen LogP contribution in [-0.2, 0) is 10.1 Å². The summed E-state index contributed by atoms with van der Waals surface area (Å²) in [5.74, 6) is 0. The third-order valence-corrected chi connectivity index (χ3v) is 1.85. The van der Waals surface area contributed by atoms with E-state index in [1.54, 1.807) is 0 Å². The van der Waals surface area contributed by atoms with Crippen molar-refractivity contribution >= 4 is 21.7 Å². The minimum atomic E-state index is -4.23. The molecule has 0 aromatic carbocycles. The van der Waals surface area contributed by atoms with Gasteiger partial charge in [0.15, 0.2) is 0 Å². The Morgan fingerprint density at radius 3 is 1.75 bits per heavy atom. The van der Waals surface area contributed by atoms with Gasteiger partial charge in [-0.1, -0.05) is 0 Å². The monoisotopic (exact) mass is 182 g/mol. The van der Waals surface area contributed by atoms with Crippen LogP contribution in [0.25, 0.3) is 0 Å². The van der Waals surface area contributed by atoms with E-state index in [0.29, 0.717) is 0 Å². The predicted octanol–water partition coefficient (Wildman–Crippen LogP) is -2.88. The Bertz CT molecular complexity index is 139. The molecular formula is C2H4ClKO3S. The van der Waals surface area contributed by atoms with Crippen LogP contribution < -0.4 is 51.4 Å². The summed E-state index contributed by atoms with van der Waals surface area (Å²) in [4.78, 5) is 0. The fourth-order valence-electron chi connectivity index (χ4n) is 0. The first-order valence-electron chi connectivity index (χ1n) is 1.53. The average Bonchev–Trinajstić information content (AvgIpc) is 1.31. The predicted molar refractivity (Wildman–Crippen MR) is 25.0 cm³/mol. The van der Waals surface area contributed by atoms with E-state index < -0.39 is 14.8 Å². The fraction of sp³-hybridized carbons (Fsp3) is 1.00. The first-order valence-corrected chi connectivity index (χ1v) is 3.44. The van der Waals surface area contributed by atoms with Gasteiger partial charge < -0.3 is 4.55 Å². The quantitative estimate of drug-likeness (QED) is 0.249. The maximum absolute atomic E-state index is 9.64. The standard InChI is InChI=1S/C2H5ClO3S.K/c1-2(3)7(4,5)6;/h2H,1H3,(H,4,5,6);/q;+1/p-1. The zero-order chi connectivity index (χ0) is 6.08. The number of halogens is 1. The van der Waals surface area contributed by atoms with Crippen molar-refractivity contribution in [3.63, 3.8) is 0 Å². The second-order valence-corrected chi connectivity index (χ2v) is 3.64. The molecule has 0 spiro atoms. The van der Waals surface area contributed by atoms with Gasteiger partial charge in [-0.15, -0.1) is 11.6 Å². The Hall–Kier alpha value is 1.84. The molecule has 1 atom stereocenters. The van der Waals surface area contributed by atoms with Crippen LogP contribution in [0.2, 0.25) is 0 Å². The Morgan fingerprint density at radius 1 is 1.62 bits per heavy atom. The van der Waals surface area contributed by atoms with Gasteiger partial charge in [0.1, 0.15) is 14.8 Å². The van der Waals surface area contributed by atoms with E-state index >= 15 is 0 Å². The van der Waals surface area contributed by atoms with Crippen molar-refractivity contribution in [3.8, 4) is 0 Å². The number of rotatable bonds is 1. The second-order valence-electron chi connectivity index (χ2n) is 1.04. The van der Waals surface area contributed by atoms with Crippen LogP contribution in [0, 0.1) is 0 Å². The van der Waals surface area contributed by atoms with E-state index in [2.05, 4.69) is 0 Å². The van der Waals surface area contributed by atoms with Crippen molar-refractivity contribution in [2.24, 2.45) is 0 Å². The van der Waals surface area contributed by atoms with E-state index in [1.165, 1.54) is 0 Å². The first kappa shape index (κ1) is 12.5. The summed E-state index contributed by atoms with van der Waals surface area (Å²) in [6.45, 7) is 1.11. The van der Waals surface area contributed by atoms with Crippen LogP contribution in [0.15, 0.2) is 0 Å². The molecule has 0 amide bonds. The maximum Gasteiger partial charge on any atom is 1.00 e. The third-order valence-electron chi connectivity index (χ3n) is 0.398. The van der Waals surface area contributed by atoms with E-state index in [0.717, 1.165) is 6.92 Å². The third kappa shape index (κ3) is 5.96. The smallest absolute Gasteiger partial charge is 0.747 e. The largest absolute Gasteiger partial charge is 1.00 e. The van der Waals surface area contributed by atoms with Crippen molar-refractivity contribution in [2.75, 3.05) is 0 Å².